The molecule has 108 valence electrons. The lowest BCUT2D eigenvalue weighted by Gasteiger charge is -2.10. The largest absolute Gasteiger partial charge is 0.493 e. The molecule has 0 fully saturated rings. The minimum absolute atomic E-state index is 0.0442. The Morgan fingerprint density at radius 2 is 2.10 bits per heavy atom. The van der Waals surface area contributed by atoms with Gasteiger partial charge in [0.25, 0.3) is 0 Å². The molecule has 2 N–H and O–H groups in total. The molecule has 6 nitrogen and oxygen atoms in total. The van der Waals surface area contributed by atoms with Gasteiger partial charge in [-0.1, -0.05) is 16.8 Å². The van der Waals surface area contributed by atoms with Crippen LogP contribution in [0.25, 0.3) is 11.4 Å². The van der Waals surface area contributed by atoms with E-state index in [0.29, 0.717) is 40.2 Å². The predicted molar refractivity (Wildman–Crippen MR) is 75.2 cm³/mol. The van der Waals surface area contributed by atoms with E-state index in [-0.39, 0.29) is 6.04 Å². The van der Waals surface area contributed by atoms with Crippen LogP contribution in [0.3, 0.4) is 0 Å². The first-order chi connectivity index (χ1) is 9.55. The highest BCUT2D eigenvalue weighted by atomic mass is 35.5. The molecule has 1 heterocycles. The van der Waals surface area contributed by atoms with Gasteiger partial charge in [-0.3, -0.25) is 0 Å². The van der Waals surface area contributed by atoms with Crippen LogP contribution in [-0.2, 0) is 6.42 Å². The Morgan fingerprint density at radius 1 is 1.35 bits per heavy atom. The van der Waals surface area contributed by atoms with Gasteiger partial charge >= 0.3 is 0 Å². The van der Waals surface area contributed by atoms with Crippen molar-refractivity contribution in [1.82, 2.24) is 10.1 Å². The molecule has 0 aliphatic heterocycles. The first-order valence-corrected chi connectivity index (χ1v) is 6.43. The summed E-state index contributed by atoms with van der Waals surface area (Å²) in [6, 6.07) is 3.39. The molecule has 0 saturated carbocycles. The van der Waals surface area contributed by atoms with Crippen molar-refractivity contribution in [2.24, 2.45) is 5.73 Å². The van der Waals surface area contributed by atoms with Gasteiger partial charge in [0.05, 0.1) is 19.2 Å². The molecular weight excluding hydrogens is 282 g/mol. The van der Waals surface area contributed by atoms with E-state index in [9.17, 15) is 0 Å². The highest BCUT2D eigenvalue weighted by Crippen LogP contribution is 2.38. The van der Waals surface area contributed by atoms with E-state index in [0.717, 1.165) is 0 Å². The van der Waals surface area contributed by atoms with Gasteiger partial charge in [-0.25, -0.2) is 0 Å². The first-order valence-electron chi connectivity index (χ1n) is 6.05. The third-order valence-corrected chi connectivity index (χ3v) is 2.94. The first kappa shape index (κ1) is 14.6. The molecule has 1 aromatic heterocycles. The number of methoxy groups -OCH3 is 2. The summed E-state index contributed by atoms with van der Waals surface area (Å²) in [6.07, 6.45) is 0.522. The Bertz CT molecular complexity index is 599. The van der Waals surface area contributed by atoms with Gasteiger partial charge in [-0.15, -0.1) is 0 Å². The molecule has 2 rings (SSSR count). The Balaban J connectivity index is 2.37. The molecule has 2 aromatic rings. The van der Waals surface area contributed by atoms with Crippen LogP contribution in [0.2, 0.25) is 5.02 Å². The summed E-state index contributed by atoms with van der Waals surface area (Å²) in [5, 5.41) is 4.33. The molecule has 1 unspecified atom stereocenters. The van der Waals surface area contributed by atoms with Crippen molar-refractivity contribution in [2.45, 2.75) is 19.4 Å². The van der Waals surface area contributed by atoms with Crippen molar-refractivity contribution >= 4 is 11.6 Å². The maximum atomic E-state index is 6.14. The van der Waals surface area contributed by atoms with Gasteiger partial charge in [-0.2, -0.15) is 4.98 Å². The lowest BCUT2D eigenvalue weighted by molar-refractivity contribution is 0.355. The smallest absolute Gasteiger partial charge is 0.228 e. The highest BCUT2D eigenvalue weighted by Gasteiger charge is 2.16. The molecule has 0 aliphatic carbocycles. The molecule has 0 radical (unpaired) electrons. The van der Waals surface area contributed by atoms with Gasteiger partial charge in [0, 0.05) is 18.0 Å². The summed E-state index contributed by atoms with van der Waals surface area (Å²) in [7, 11) is 3.06. The van der Waals surface area contributed by atoms with Crippen molar-refractivity contribution in [1.29, 1.82) is 0 Å². The topological polar surface area (TPSA) is 83.4 Å². The number of benzene rings is 1. The van der Waals surface area contributed by atoms with Gasteiger partial charge in [0.1, 0.15) is 0 Å². The SMILES string of the molecule is COc1cc(-c2noc(CC(C)N)n2)cc(Cl)c1OC. The fourth-order valence-corrected chi connectivity index (χ4v) is 2.07. The van der Waals surface area contributed by atoms with Gasteiger partial charge in [0.15, 0.2) is 11.5 Å². The van der Waals surface area contributed by atoms with Crippen LogP contribution in [0.5, 0.6) is 11.5 Å². The summed E-state index contributed by atoms with van der Waals surface area (Å²) < 4.78 is 15.6. The van der Waals surface area contributed by atoms with Crippen LogP contribution in [0.4, 0.5) is 0 Å². The van der Waals surface area contributed by atoms with E-state index in [1.165, 1.54) is 14.2 Å². The third kappa shape index (κ3) is 3.02. The van der Waals surface area contributed by atoms with E-state index in [4.69, 9.17) is 31.3 Å². The fourth-order valence-electron chi connectivity index (χ4n) is 1.78. The Kier molecular flexibility index (Phi) is 4.46. The fraction of sp³-hybridized carbons (Fsp3) is 0.385. The molecule has 0 spiro atoms. The molecular formula is C13H16ClN3O3. The number of halogens is 1. The number of nitrogens with two attached hydrogens (primary N) is 1. The second kappa shape index (κ2) is 6.11. The van der Waals surface area contributed by atoms with Crippen molar-refractivity contribution in [3.05, 3.63) is 23.0 Å². The average Bonchev–Trinajstić information content (AvgIpc) is 2.85. The van der Waals surface area contributed by atoms with Crippen molar-refractivity contribution in [3.8, 4) is 22.9 Å². The van der Waals surface area contributed by atoms with Crippen LogP contribution in [0.15, 0.2) is 16.7 Å². The summed E-state index contributed by atoms with van der Waals surface area (Å²) in [6.45, 7) is 1.87. The number of hydrogen-bond donors (Lipinski definition) is 1. The molecule has 0 aliphatic rings. The zero-order chi connectivity index (χ0) is 14.7. The molecule has 7 heteroatoms. The van der Waals surface area contributed by atoms with E-state index in [2.05, 4.69) is 10.1 Å². The quantitative estimate of drug-likeness (QED) is 0.911. The van der Waals surface area contributed by atoms with Gasteiger partial charge in [0.2, 0.25) is 11.7 Å². The number of hydrogen-bond acceptors (Lipinski definition) is 6. The van der Waals surface area contributed by atoms with E-state index in [1.54, 1.807) is 12.1 Å². The standard InChI is InChI=1S/C13H16ClN3O3/c1-7(15)4-11-16-13(17-20-11)8-5-9(14)12(19-3)10(6-8)18-2/h5-7H,4,15H2,1-3H3. The van der Waals surface area contributed by atoms with Crippen LogP contribution in [-0.4, -0.2) is 30.4 Å². The summed E-state index contributed by atoms with van der Waals surface area (Å²) in [4.78, 5) is 4.28. The van der Waals surface area contributed by atoms with Crippen LogP contribution in [0.1, 0.15) is 12.8 Å². The Labute approximate surface area is 121 Å². The second-order valence-electron chi connectivity index (χ2n) is 4.39. The van der Waals surface area contributed by atoms with E-state index < -0.39 is 0 Å². The highest BCUT2D eigenvalue weighted by molar-refractivity contribution is 6.32. The minimum Gasteiger partial charge on any atom is -0.493 e. The second-order valence-corrected chi connectivity index (χ2v) is 4.79. The Hall–Kier alpha value is -1.79. The van der Waals surface area contributed by atoms with E-state index in [1.807, 2.05) is 6.92 Å². The van der Waals surface area contributed by atoms with Crippen LogP contribution < -0.4 is 15.2 Å². The zero-order valence-corrected chi connectivity index (χ0v) is 12.3. The van der Waals surface area contributed by atoms with Gasteiger partial charge < -0.3 is 19.7 Å². The summed E-state index contributed by atoms with van der Waals surface area (Å²) in [5.41, 5.74) is 6.38. The molecule has 1 atom stereocenters. The molecule has 0 bridgehead atoms. The summed E-state index contributed by atoms with van der Waals surface area (Å²) in [5.74, 6) is 1.90. The molecule has 1 aromatic carbocycles. The number of aromatic nitrogens is 2. The number of rotatable bonds is 5. The van der Waals surface area contributed by atoms with Crippen LogP contribution in [0, 0.1) is 0 Å². The lowest BCUT2D eigenvalue weighted by Crippen LogP contribution is -2.17. The maximum absolute atomic E-state index is 6.14. The van der Waals surface area contributed by atoms with Gasteiger partial charge in [-0.05, 0) is 19.1 Å². The monoisotopic (exact) mass is 297 g/mol. The number of nitrogens with zero attached hydrogens (tertiary/aromatic N) is 2. The van der Waals surface area contributed by atoms with E-state index >= 15 is 0 Å². The zero-order valence-electron chi connectivity index (χ0n) is 11.5. The molecule has 0 amide bonds. The normalized spacial score (nSPS) is 12.2. The average molecular weight is 298 g/mol. The lowest BCUT2D eigenvalue weighted by atomic mass is 10.2. The minimum atomic E-state index is -0.0442. The molecule has 0 saturated heterocycles. The van der Waals surface area contributed by atoms with Crippen molar-refractivity contribution in [2.75, 3.05) is 14.2 Å². The predicted octanol–water partition coefficient (Wildman–Crippen LogP) is 2.30. The molecule has 20 heavy (non-hydrogen) atoms. The Morgan fingerprint density at radius 3 is 2.70 bits per heavy atom. The summed E-state index contributed by atoms with van der Waals surface area (Å²) >= 11 is 6.14. The van der Waals surface area contributed by atoms with Crippen molar-refractivity contribution < 1.29 is 14.0 Å². The third-order valence-electron chi connectivity index (χ3n) is 2.66. The number of ether oxygens (including phenoxy) is 2. The maximum Gasteiger partial charge on any atom is 0.228 e. The van der Waals surface area contributed by atoms with Crippen LogP contribution >= 0.6 is 11.6 Å². The van der Waals surface area contributed by atoms with Crippen molar-refractivity contribution in [3.63, 3.8) is 0 Å².